The number of hydrogen-bond donors (Lipinski definition) is 0. The van der Waals surface area contributed by atoms with Crippen LogP contribution in [0.2, 0.25) is 0 Å². The molecule has 2 aliphatic rings. The Morgan fingerprint density at radius 3 is 1.59 bits per heavy atom. The summed E-state index contributed by atoms with van der Waals surface area (Å²) in [6.07, 6.45) is 0. The second-order valence-electron chi connectivity index (χ2n) is 13.9. The van der Waals surface area contributed by atoms with Gasteiger partial charge >= 0.3 is 0 Å². The Hall–Kier alpha value is -7.17. The maximum atomic E-state index is 6.93. The molecule has 0 fully saturated rings. The van der Waals surface area contributed by atoms with Crippen LogP contribution >= 0.6 is 0 Å². The first-order chi connectivity index (χ1) is 26.8. The van der Waals surface area contributed by atoms with Crippen molar-refractivity contribution in [1.82, 2.24) is 15.0 Å². The maximum Gasteiger partial charge on any atom is 0.164 e. The Balaban J connectivity index is 1.07. The third-order valence-corrected chi connectivity index (χ3v) is 11.0. The number of para-hydroxylation sites is 2. The number of rotatable bonds is 4. The number of benzene rings is 8. The van der Waals surface area contributed by atoms with Crippen molar-refractivity contribution in [1.29, 1.82) is 0 Å². The van der Waals surface area contributed by atoms with Crippen LogP contribution in [-0.2, 0) is 5.41 Å². The van der Waals surface area contributed by atoms with Crippen LogP contribution in [0.1, 0.15) is 22.3 Å². The normalized spacial score (nSPS) is 13.1. The first kappa shape index (κ1) is 30.5. The second-order valence-corrected chi connectivity index (χ2v) is 13.9. The zero-order valence-electron chi connectivity index (χ0n) is 29.1. The van der Waals surface area contributed by atoms with Crippen molar-refractivity contribution in [2.75, 3.05) is 0 Å². The van der Waals surface area contributed by atoms with E-state index in [9.17, 15) is 0 Å². The van der Waals surface area contributed by atoms with Gasteiger partial charge < -0.3 is 4.74 Å². The van der Waals surface area contributed by atoms with Crippen LogP contribution in [0.25, 0.3) is 67.2 Å². The van der Waals surface area contributed by atoms with E-state index in [0.29, 0.717) is 17.5 Å². The van der Waals surface area contributed by atoms with Gasteiger partial charge in [-0.05, 0) is 44.7 Å². The van der Waals surface area contributed by atoms with Gasteiger partial charge in [-0.25, -0.2) is 15.0 Å². The van der Waals surface area contributed by atoms with Gasteiger partial charge in [-0.1, -0.05) is 182 Å². The molecule has 4 nitrogen and oxygen atoms in total. The van der Waals surface area contributed by atoms with Crippen molar-refractivity contribution in [2.45, 2.75) is 5.41 Å². The topological polar surface area (TPSA) is 47.9 Å². The first-order valence-electron chi connectivity index (χ1n) is 18.3. The minimum absolute atomic E-state index is 0.510. The van der Waals surface area contributed by atoms with Crippen LogP contribution in [0.15, 0.2) is 188 Å². The predicted octanol–water partition coefficient (Wildman–Crippen LogP) is 12.2. The molecule has 0 atom stereocenters. The standard InChI is InChI=1S/C50H31N3O/c1-2-15-34(16-3-1)47-51-48(53-49(52-47)40-22-12-17-32-14-4-5-18-36(32)40)35-30-28-33(29-31-35)37-21-13-26-44-46(37)54-45-27-11-10-25-43(45)50(44)41-23-8-6-19-38(41)39-20-7-9-24-42(39)50/h1-31H. The molecule has 1 aliphatic carbocycles. The minimum Gasteiger partial charge on any atom is -0.456 e. The van der Waals surface area contributed by atoms with Gasteiger partial charge in [-0.3, -0.25) is 0 Å². The van der Waals surface area contributed by atoms with Crippen LogP contribution < -0.4 is 4.74 Å². The molecule has 0 radical (unpaired) electrons. The number of nitrogens with zero attached hydrogens (tertiary/aromatic N) is 3. The molecule has 1 aromatic heterocycles. The van der Waals surface area contributed by atoms with Crippen molar-refractivity contribution < 1.29 is 4.74 Å². The molecule has 0 saturated heterocycles. The zero-order chi connectivity index (χ0) is 35.6. The Bertz CT molecular complexity index is 2870. The summed E-state index contributed by atoms with van der Waals surface area (Å²) in [5.41, 5.74) is 11.8. The molecule has 0 unspecified atom stereocenters. The molecule has 0 amide bonds. The monoisotopic (exact) mass is 689 g/mol. The lowest BCUT2D eigenvalue weighted by Crippen LogP contribution is -2.32. The molecule has 9 aromatic rings. The summed E-state index contributed by atoms with van der Waals surface area (Å²) in [6.45, 7) is 0. The lowest BCUT2D eigenvalue weighted by atomic mass is 9.65. The molecule has 1 spiro atoms. The molecule has 54 heavy (non-hydrogen) atoms. The van der Waals surface area contributed by atoms with E-state index >= 15 is 0 Å². The minimum atomic E-state index is -0.510. The molecule has 2 heterocycles. The fourth-order valence-corrected chi connectivity index (χ4v) is 8.67. The summed E-state index contributed by atoms with van der Waals surface area (Å²) in [4.78, 5) is 15.1. The Kier molecular flexibility index (Phi) is 6.73. The molecule has 0 N–H and O–H groups in total. The predicted molar refractivity (Wildman–Crippen MR) is 216 cm³/mol. The van der Waals surface area contributed by atoms with Gasteiger partial charge in [0.1, 0.15) is 11.5 Å². The third kappa shape index (κ3) is 4.47. The van der Waals surface area contributed by atoms with Crippen molar-refractivity contribution in [2.24, 2.45) is 0 Å². The summed E-state index contributed by atoms with van der Waals surface area (Å²) < 4.78 is 6.93. The highest BCUT2D eigenvalue weighted by molar-refractivity contribution is 5.95. The molecule has 4 heteroatoms. The molecule has 1 aliphatic heterocycles. The SMILES string of the molecule is c1ccc(-c2nc(-c3ccc(-c4cccc5c4Oc4ccccc4C54c5ccccc5-c5ccccc54)cc3)nc(-c3cccc4ccccc34)n2)cc1. The van der Waals surface area contributed by atoms with E-state index in [0.717, 1.165) is 61.2 Å². The zero-order valence-corrected chi connectivity index (χ0v) is 29.1. The van der Waals surface area contributed by atoms with Gasteiger partial charge in [-0.2, -0.15) is 0 Å². The van der Waals surface area contributed by atoms with Gasteiger partial charge in [0.2, 0.25) is 0 Å². The second kappa shape index (κ2) is 11.9. The molecule has 8 aromatic carbocycles. The summed E-state index contributed by atoms with van der Waals surface area (Å²) in [7, 11) is 0. The van der Waals surface area contributed by atoms with Crippen LogP contribution in [0.3, 0.4) is 0 Å². The molecule has 11 rings (SSSR count). The molecule has 0 saturated carbocycles. The van der Waals surface area contributed by atoms with Gasteiger partial charge in [0, 0.05) is 33.4 Å². The van der Waals surface area contributed by atoms with E-state index in [4.69, 9.17) is 19.7 Å². The first-order valence-corrected chi connectivity index (χ1v) is 18.3. The third-order valence-electron chi connectivity index (χ3n) is 11.0. The number of fused-ring (bicyclic) bond motifs is 10. The van der Waals surface area contributed by atoms with Gasteiger partial charge in [0.25, 0.3) is 0 Å². The smallest absolute Gasteiger partial charge is 0.164 e. The Morgan fingerprint density at radius 2 is 0.833 bits per heavy atom. The lowest BCUT2D eigenvalue weighted by molar-refractivity contribution is 0.438. The van der Waals surface area contributed by atoms with Crippen molar-refractivity contribution in [3.63, 3.8) is 0 Å². The number of hydrogen-bond acceptors (Lipinski definition) is 4. The molecular weight excluding hydrogens is 659 g/mol. The van der Waals surface area contributed by atoms with Gasteiger partial charge in [-0.15, -0.1) is 0 Å². The highest BCUT2D eigenvalue weighted by Gasteiger charge is 2.51. The average Bonchev–Trinajstić information content (AvgIpc) is 3.54. The van der Waals surface area contributed by atoms with Crippen molar-refractivity contribution in [3.8, 4) is 67.9 Å². The number of ether oxygens (including phenoxy) is 1. The highest BCUT2D eigenvalue weighted by Crippen LogP contribution is 2.63. The van der Waals surface area contributed by atoms with E-state index < -0.39 is 5.41 Å². The van der Waals surface area contributed by atoms with Crippen LogP contribution in [0.5, 0.6) is 11.5 Å². The van der Waals surface area contributed by atoms with Crippen LogP contribution in [-0.4, -0.2) is 15.0 Å². The highest BCUT2D eigenvalue weighted by atomic mass is 16.5. The van der Waals surface area contributed by atoms with E-state index in [2.05, 4.69) is 158 Å². The fourth-order valence-electron chi connectivity index (χ4n) is 8.67. The quantitative estimate of drug-likeness (QED) is 0.185. The molecule has 252 valence electrons. The maximum absolute atomic E-state index is 6.93. The summed E-state index contributed by atoms with van der Waals surface area (Å²) >= 11 is 0. The van der Waals surface area contributed by atoms with E-state index in [1.165, 1.54) is 22.3 Å². The number of aromatic nitrogens is 3. The fraction of sp³-hybridized carbons (Fsp3) is 0.0200. The van der Waals surface area contributed by atoms with Gasteiger partial charge in [0.15, 0.2) is 17.5 Å². The Morgan fingerprint density at radius 1 is 0.333 bits per heavy atom. The average molecular weight is 690 g/mol. The summed E-state index contributed by atoms with van der Waals surface area (Å²) in [6, 6.07) is 66.0. The lowest BCUT2D eigenvalue weighted by Gasteiger charge is -2.40. The van der Waals surface area contributed by atoms with Crippen LogP contribution in [0, 0.1) is 0 Å². The van der Waals surface area contributed by atoms with E-state index in [1.54, 1.807) is 0 Å². The largest absolute Gasteiger partial charge is 0.456 e. The van der Waals surface area contributed by atoms with Crippen molar-refractivity contribution >= 4 is 10.8 Å². The summed E-state index contributed by atoms with van der Waals surface area (Å²) in [5.74, 6) is 3.66. The van der Waals surface area contributed by atoms with Crippen molar-refractivity contribution in [3.05, 3.63) is 210 Å². The molecule has 0 bridgehead atoms. The molecular formula is C50H31N3O. The van der Waals surface area contributed by atoms with Crippen LogP contribution in [0.4, 0.5) is 0 Å². The summed E-state index contributed by atoms with van der Waals surface area (Å²) in [5, 5.41) is 2.25. The van der Waals surface area contributed by atoms with E-state index in [-0.39, 0.29) is 0 Å². The Labute approximate surface area is 313 Å². The van der Waals surface area contributed by atoms with Gasteiger partial charge in [0.05, 0.1) is 5.41 Å². The van der Waals surface area contributed by atoms with E-state index in [1.807, 2.05) is 30.3 Å².